The van der Waals surface area contributed by atoms with E-state index in [-0.39, 0.29) is 0 Å². The first-order chi connectivity index (χ1) is 5.31. The molecule has 0 radical (unpaired) electrons. The molecule has 0 fully saturated rings. The van der Waals surface area contributed by atoms with Crippen LogP contribution in [0.3, 0.4) is 0 Å². The lowest BCUT2D eigenvalue weighted by Crippen LogP contribution is -2.25. The quantitative estimate of drug-likeness (QED) is 0.366. The molecule has 68 valence electrons. The van der Waals surface area contributed by atoms with Gasteiger partial charge in [-0.15, -0.1) is 0 Å². The van der Waals surface area contributed by atoms with E-state index in [1.165, 1.54) is 24.9 Å². The molecule has 0 aliphatic carbocycles. The molecule has 0 saturated heterocycles. The average molecular weight is 177 g/mol. The van der Waals surface area contributed by atoms with E-state index >= 15 is 0 Å². The highest BCUT2D eigenvalue weighted by Crippen LogP contribution is 2.01. The van der Waals surface area contributed by atoms with Crippen molar-refractivity contribution in [2.75, 3.05) is 12.5 Å². The summed E-state index contributed by atoms with van der Waals surface area (Å²) in [5.74, 6) is 0.898. The Morgan fingerprint density at radius 1 is 1.45 bits per heavy atom. The summed E-state index contributed by atoms with van der Waals surface area (Å²) in [6.07, 6.45) is 2.49. The Balaban J connectivity index is 2.97. The van der Waals surface area contributed by atoms with Crippen molar-refractivity contribution in [1.29, 1.82) is 0 Å². The molecule has 3 heteroatoms. The van der Waals surface area contributed by atoms with Gasteiger partial charge in [-0.25, -0.2) is 0 Å². The van der Waals surface area contributed by atoms with Crippen LogP contribution in [0.4, 0.5) is 0 Å². The molecule has 11 heavy (non-hydrogen) atoms. The Labute approximate surface area is 74.3 Å². The fourth-order valence-corrected chi connectivity index (χ4v) is 1.44. The number of hydrogen-bond donors (Lipinski definition) is 1. The molecule has 0 amide bonds. The summed E-state index contributed by atoms with van der Waals surface area (Å²) in [7, 11) is 0. The maximum Gasteiger partial charge on any atom is 0.0687 e. The van der Waals surface area contributed by atoms with Crippen molar-refractivity contribution in [1.82, 2.24) is 5.32 Å². The first kappa shape index (κ1) is 11.3. The molecular weight excluding hydrogens is 158 g/mol. The van der Waals surface area contributed by atoms with Gasteiger partial charge in [0.05, 0.1) is 12.5 Å². The summed E-state index contributed by atoms with van der Waals surface area (Å²) in [4.78, 5) is 0. The van der Waals surface area contributed by atoms with E-state index in [1.54, 1.807) is 0 Å². The van der Waals surface area contributed by atoms with Crippen LogP contribution in [-0.2, 0) is 4.18 Å². The Morgan fingerprint density at radius 3 is 2.73 bits per heavy atom. The zero-order valence-electron chi connectivity index (χ0n) is 7.72. The minimum Gasteiger partial charge on any atom is -0.314 e. The van der Waals surface area contributed by atoms with Gasteiger partial charge in [0, 0.05) is 18.1 Å². The zero-order valence-corrected chi connectivity index (χ0v) is 8.54. The third-order valence-electron chi connectivity index (χ3n) is 1.41. The van der Waals surface area contributed by atoms with Gasteiger partial charge >= 0.3 is 0 Å². The van der Waals surface area contributed by atoms with Crippen LogP contribution in [0.2, 0.25) is 0 Å². The second-order valence-corrected chi connectivity index (χ2v) is 3.32. The van der Waals surface area contributed by atoms with Crippen LogP contribution in [0.5, 0.6) is 0 Å². The van der Waals surface area contributed by atoms with Crippen molar-refractivity contribution < 1.29 is 4.18 Å². The molecular formula is C8H19NOS. The topological polar surface area (TPSA) is 21.3 Å². The summed E-state index contributed by atoms with van der Waals surface area (Å²) in [5.41, 5.74) is 0. The second-order valence-electron chi connectivity index (χ2n) is 2.56. The second kappa shape index (κ2) is 8.37. The Morgan fingerprint density at radius 2 is 2.18 bits per heavy atom. The normalized spacial score (nSPS) is 13.4. The maximum atomic E-state index is 5.12. The third kappa shape index (κ3) is 8.17. The SMILES string of the molecule is CCCC(C)NCSOCC. The number of nitrogens with one attached hydrogen (secondary N) is 1. The van der Waals surface area contributed by atoms with E-state index in [2.05, 4.69) is 19.2 Å². The van der Waals surface area contributed by atoms with Crippen LogP contribution in [0.25, 0.3) is 0 Å². The Hall–Kier alpha value is 0.270. The van der Waals surface area contributed by atoms with Crippen molar-refractivity contribution in [3.05, 3.63) is 0 Å². The van der Waals surface area contributed by atoms with Crippen molar-refractivity contribution >= 4 is 12.0 Å². The fraction of sp³-hybridized carbons (Fsp3) is 1.00. The molecule has 0 aromatic carbocycles. The maximum absolute atomic E-state index is 5.12. The summed E-state index contributed by atoms with van der Waals surface area (Å²) in [6.45, 7) is 7.20. The summed E-state index contributed by atoms with van der Waals surface area (Å²) in [5, 5.41) is 3.36. The lowest BCUT2D eigenvalue weighted by molar-refractivity contribution is 0.398. The van der Waals surface area contributed by atoms with Gasteiger partial charge in [0.15, 0.2) is 0 Å². The van der Waals surface area contributed by atoms with Gasteiger partial charge in [-0.3, -0.25) is 0 Å². The Bertz CT molecular complexity index is 80.5. The highest BCUT2D eigenvalue weighted by molar-refractivity contribution is 7.94. The first-order valence-corrected chi connectivity index (χ1v) is 5.20. The molecule has 0 spiro atoms. The molecule has 0 aliphatic heterocycles. The van der Waals surface area contributed by atoms with Crippen molar-refractivity contribution in [2.45, 2.75) is 39.7 Å². The largest absolute Gasteiger partial charge is 0.314 e. The highest BCUT2D eigenvalue weighted by atomic mass is 32.2. The molecule has 0 rings (SSSR count). The van der Waals surface area contributed by atoms with Crippen LogP contribution in [0, 0.1) is 0 Å². The van der Waals surface area contributed by atoms with Gasteiger partial charge in [-0.1, -0.05) is 13.3 Å². The molecule has 1 N–H and O–H groups in total. The lowest BCUT2D eigenvalue weighted by Gasteiger charge is -2.10. The molecule has 1 unspecified atom stereocenters. The molecule has 0 aromatic heterocycles. The van der Waals surface area contributed by atoms with E-state index in [4.69, 9.17) is 4.18 Å². The van der Waals surface area contributed by atoms with Gasteiger partial charge in [-0.2, -0.15) is 0 Å². The molecule has 1 atom stereocenters. The third-order valence-corrected chi connectivity index (χ3v) is 2.10. The van der Waals surface area contributed by atoms with E-state index in [0.29, 0.717) is 6.04 Å². The van der Waals surface area contributed by atoms with Gasteiger partial charge < -0.3 is 9.50 Å². The predicted molar refractivity (Wildman–Crippen MR) is 51.6 cm³/mol. The monoisotopic (exact) mass is 177 g/mol. The van der Waals surface area contributed by atoms with E-state index < -0.39 is 0 Å². The zero-order chi connectivity index (χ0) is 8.53. The van der Waals surface area contributed by atoms with Crippen LogP contribution in [0.15, 0.2) is 0 Å². The van der Waals surface area contributed by atoms with Gasteiger partial charge in [0.25, 0.3) is 0 Å². The van der Waals surface area contributed by atoms with Crippen molar-refractivity contribution in [3.63, 3.8) is 0 Å². The molecule has 0 aromatic rings. The van der Waals surface area contributed by atoms with Crippen LogP contribution in [0.1, 0.15) is 33.6 Å². The van der Waals surface area contributed by atoms with Crippen LogP contribution < -0.4 is 5.32 Å². The highest BCUT2D eigenvalue weighted by Gasteiger charge is 1.97. The number of rotatable bonds is 7. The van der Waals surface area contributed by atoms with E-state index in [0.717, 1.165) is 12.5 Å². The molecule has 0 bridgehead atoms. The molecule has 0 heterocycles. The first-order valence-electron chi connectivity index (χ1n) is 4.29. The summed E-state index contributed by atoms with van der Waals surface area (Å²) < 4.78 is 5.12. The van der Waals surface area contributed by atoms with Crippen LogP contribution in [-0.4, -0.2) is 18.5 Å². The fourth-order valence-electron chi connectivity index (χ4n) is 0.836. The smallest absolute Gasteiger partial charge is 0.0687 e. The lowest BCUT2D eigenvalue weighted by atomic mass is 10.2. The minimum atomic E-state index is 0.618. The van der Waals surface area contributed by atoms with Crippen molar-refractivity contribution in [2.24, 2.45) is 0 Å². The summed E-state index contributed by atoms with van der Waals surface area (Å²) in [6, 6.07) is 0.618. The van der Waals surface area contributed by atoms with Crippen LogP contribution >= 0.6 is 12.0 Å². The standard InChI is InChI=1S/C8H19NOS/c1-4-6-8(3)9-7-11-10-5-2/h8-9H,4-7H2,1-3H3. The van der Waals surface area contributed by atoms with E-state index in [9.17, 15) is 0 Å². The summed E-state index contributed by atoms with van der Waals surface area (Å²) >= 11 is 1.50. The van der Waals surface area contributed by atoms with E-state index in [1.807, 2.05) is 6.92 Å². The average Bonchev–Trinajstić information content (AvgIpc) is 1.99. The Kier molecular flexibility index (Phi) is 8.57. The van der Waals surface area contributed by atoms with Gasteiger partial charge in [0.1, 0.15) is 0 Å². The van der Waals surface area contributed by atoms with Gasteiger partial charge in [-0.05, 0) is 20.3 Å². The number of hydrogen-bond acceptors (Lipinski definition) is 3. The van der Waals surface area contributed by atoms with Crippen molar-refractivity contribution in [3.8, 4) is 0 Å². The molecule has 0 aliphatic rings. The van der Waals surface area contributed by atoms with Gasteiger partial charge in [0.2, 0.25) is 0 Å². The molecule has 2 nitrogen and oxygen atoms in total. The molecule has 0 saturated carbocycles. The minimum absolute atomic E-state index is 0.618. The predicted octanol–water partition coefficient (Wildman–Crippen LogP) is 2.41.